The van der Waals surface area contributed by atoms with E-state index in [9.17, 15) is 4.79 Å². The fraction of sp³-hybridized carbons (Fsp3) is 0.160. The van der Waals surface area contributed by atoms with E-state index in [1.807, 2.05) is 47.4 Å². The van der Waals surface area contributed by atoms with Gasteiger partial charge in [-0.25, -0.2) is 4.98 Å². The van der Waals surface area contributed by atoms with Crippen LogP contribution in [0.25, 0.3) is 11.1 Å². The van der Waals surface area contributed by atoms with E-state index in [0.717, 1.165) is 28.9 Å². The predicted molar refractivity (Wildman–Crippen MR) is 118 cm³/mol. The number of rotatable bonds is 8. The molecule has 0 radical (unpaired) electrons. The third kappa shape index (κ3) is 5.20. The minimum atomic E-state index is 0.0335. The molecule has 2 heterocycles. The Balaban J connectivity index is 1.38. The van der Waals surface area contributed by atoms with Crippen LogP contribution in [0.2, 0.25) is 0 Å². The van der Waals surface area contributed by atoms with Crippen molar-refractivity contribution in [2.75, 3.05) is 0 Å². The standard InChI is InChI=1S/C25H24N4O/c30-25(13-12-23-6-3-4-14-27-23)28-17-22-5-1-2-7-24(22)21-10-8-20(9-11-21)18-29-16-15-26-19-29/h1-11,14-16,19H,12-13,17-18H2,(H,28,30). The fourth-order valence-corrected chi connectivity index (χ4v) is 3.41. The third-order valence-corrected chi connectivity index (χ3v) is 5.02. The van der Waals surface area contributed by atoms with Gasteiger partial charge >= 0.3 is 0 Å². The second-order valence-corrected chi connectivity index (χ2v) is 7.19. The first kappa shape index (κ1) is 19.6. The Morgan fingerprint density at radius 1 is 0.933 bits per heavy atom. The van der Waals surface area contributed by atoms with Crippen LogP contribution in [0.15, 0.2) is 91.6 Å². The van der Waals surface area contributed by atoms with Gasteiger partial charge in [-0.15, -0.1) is 0 Å². The SMILES string of the molecule is O=C(CCc1ccccn1)NCc1ccccc1-c1ccc(Cn2ccnc2)cc1. The van der Waals surface area contributed by atoms with Crippen LogP contribution in [0.1, 0.15) is 23.2 Å². The van der Waals surface area contributed by atoms with Gasteiger partial charge in [0, 0.05) is 43.8 Å². The zero-order chi connectivity index (χ0) is 20.6. The van der Waals surface area contributed by atoms with Crippen molar-refractivity contribution in [2.24, 2.45) is 0 Å². The summed E-state index contributed by atoms with van der Waals surface area (Å²) in [6.07, 6.45) is 8.40. The summed E-state index contributed by atoms with van der Waals surface area (Å²) in [7, 11) is 0. The highest BCUT2D eigenvalue weighted by molar-refractivity contribution is 5.76. The molecule has 0 atom stereocenters. The van der Waals surface area contributed by atoms with Gasteiger partial charge in [0.05, 0.1) is 6.33 Å². The minimum Gasteiger partial charge on any atom is -0.352 e. The molecule has 30 heavy (non-hydrogen) atoms. The second-order valence-electron chi connectivity index (χ2n) is 7.19. The van der Waals surface area contributed by atoms with E-state index in [4.69, 9.17) is 0 Å². The molecule has 5 heteroatoms. The van der Waals surface area contributed by atoms with E-state index in [2.05, 4.69) is 51.7 Å². The highest BCUT2D eigenvalue weighted by atomic mass is 16.1. The molecule has 0 aliphatic rings. The van der Waals surface area contributed by atoms with E-state index in [-0.39, 0.29) is 5.91 Å². The number of nitrogens with zero attached hydrogens (tertiary/aromatic N) is 3. The number of carbonyl (C=O) groups excluding carboxylic acids is 1. The molecule has 0 aliphatic heterocycles. The lowest BCUT2D eigenvalue weighted by molar-refractivity contribution is -0.121. The van der Waals surface area contributed by atoms with Crippen LogP contribution in [0.5, 0.6) is 0 Å². The van der Waals surface area contributed by atoms with Crippen LogP contribution < -0.4 is 5.32 Å². The Bertz CT molecular complexity index is 1070. The number of hydrogen-bond acceptors (Lipinski definition) is 3. The quantitative estimate of drug-likeness (QED) is 0.485. The predicted octanol–water partition coefficient (Wildman–Crippen LogP) is 4.24. The lowest BCUT2D eigenvalue weighted by Gasteiger charge is -2.12. The van der Waals surface area contributed by atoms with Gasteiger partial charge < -0.3 is 9.88 Å². The molecule has 2 aromatic heterocycles. The lowest BCUT2D eigenvalue weighted by Crippen LogP contribution is -2.23. The molecule has 0 bridgehead atoms. The van der Waals surface area contributed by atoms with Crippen LogP contribution in [0, 0.1) is 0 Å². The number of imidazole rings is 1. The molecule has 150 valence electrons. The number of benzene rings is 2. The molecule has 5 nitrogen and oxygen atoms in total. The zero-order valence-electron chi connectivity index (χ0n) is 16.7. The molecule has 4 aromatic rings. The molecule has 0 unspecified atom stereocenters. The Labute approximate surface area is 176 Å². The molecule has 0 fully saturated rings. The first-order valence-electron chi connectivity index (χ1n) is 10.1. The monoisotopic (exact) mass is 396 g/mol. The highest BCUT2D eigenvalue weighted by Crippen LogP contribution is 2.24. The summed E-state index contributed by atoms with van der Waals surface area (Å²) in [6, 6.07) is 22.5. The van der Waals surface area contributed by atoms with Crippen molar-refractivity contribution in [3.63, 3.8) is 0 Å². The maximum atomic E-state index is 12.3. The van der Waals surface area contributed by atoms with Crippen LogP contribution in [0.4, 0.5) is 0 Å². The number of carbonyl (C=O) groups is 1. The van der Waals surface area contributed by atoms with E-state index < -0.39 is 0 Å². The average Bonchev–Trinajstić information content (AvgIpc) is 3.31. The van der Waals surface area contributed by atoms with Gasteiger partial charge in [-0.3, -0.25) is 9.78 Å². The normalized spacial score (nSPS) is 10.7. The molecule has 1 N–H and O–H groups in total. The maximum absolute atomic E-state index is 12.3. The number of pyridine rings is 1. The lowest BCUT2D eigenvalue weighted by atomic mass is 9.98. The Hall–Kier alpha value is -3.73. The molecule has 0 saturated carbocycles. The van der Waals surface area contributed by atoms with Crippen LogP contribution in [-0.2, 0) is 24.3 Å². The first-order valence-corrected chi connectivity index (χ1v) is 10.1. The molecule has 0 spiro atoms. The highest BCUT2D eigenvalue weighted by Gasteiger charge is 2.08. The summed E-state index contributed by atoms with van der Waals surface area (Å²) >= 11 is 0. The van der Waals surface area contributed by atoms with Gasteiger partial charge in [-0.05, 0) is 40.8 Å². The van der Waals surface area contributed by atoms with Gasteiger partial charge in [-0.2, -0.15) is 0 Å². The van der Waals surface area contributed by atoms with Crippen molar-refractivity contribution in [2.45, 2.75) is 25.9 Å². The average molecular weight is 396 g/mol. The molecule has 4 rings (SSSR count). The number of aromatic nitrogens is 3. The summed E-state index contributed by atoms with van der Waals surface area (Å²) in [4.78, 5) is 20.6. The van der Waals surface area contributed by atoms with E-state index in [1.165, 1.54) is 5.56 Å². The van der Waals surface area contributed by atoms with Crippen molar-refractivity contribution < 1.29 is 4.79 Å². The zero-order valence-corrected chi connectivity index (χ0v) is 16.7. The van der Waals surface area contributed by atoms with Crippen molar-refractivity contribution >= 4 is 5.91 Å². The molecule has 0 aliphatic carbocycles. The maximum Gasteiger partial charge on any atom is 0.220 e. The summed E-state index contributed by atoms with van der Waals surface area (Å²) in [5, 5.41) is 3.04. The van der Waals surface area contributed by atoms with Crippen molar-refractivity contribution in [1.82, 2.24) is 19.9 Å². The summed E-state index contributed by atoms with van der Waals surface area (Å²) in [6.45, 7) is 1.31. The van der Waals surface area contributed by atoms with Crippen LogP contribution >= 0.6 is 0 Å². The Kier molecular flexibility index (Phi) is 6.30. The molecular formula is C25H24N4O. The number of nitrogens with one attached hydrogen (secondary N) is 1. The smallest absolute Gasteiger partial charge is 0.220 e. The molecule has 1 amide bonds. The second kappa shape index (κ2) is 9.65. The number of aryl methyl sites for hydroxylation is 1. The van der Waals surface area contributed by atoms with Crippen molar-refractivity contribution in [3.05, 3.63) is 108 Å². The minimum absolute atomic E-state index is 0.0335. The fourth-order valence-electron chi connectivity index (χ4n) is 3.41. The van der Waals surface area contributed by atoms with E-state index in [0.29, 0.717) is 19.4 Å². The van der Waals surface area contributed by atoms with Gasteiger partial charge in [-0.1, -0.05) is 54.6 Å². The van der Waals surface area contributed by atoms with Gasteiger partial charge in [0.2, 0.25) is 5.91 Å². The van der Waals surface area contributed by atoms with E-state index in [1.54, 1.807) is 12.4 Å². The van der Waals surface area contributed by atoms with Crippen LogP contribution in [0.3, 0.4) is 0 Å². The van der Waals surface area contributed by atoms with Gasteiger partial charge in [0.15, 0.2) is 0 Å². The van der Waals surface area contributed by atoms with Gasteiger partial charge in [0.1, 0.15) is 0 Å². The number of amides is 1. The van der Waals surface area contributed by atoms with Crippen LogP contribution in [-0.4, -0.2) is 20.4 Å². The van der Waals surface area contributed by atoms with Crippen molar-refractivity contribution in [1.29, 1.82) is 0 Å². The molecule has 0 saturated heterocycles. The summed E-state index contributed by atoms with van der Waals surface area (Å²) < 4.78 is 2.05. The molecule has 2 aromatic carbocycles. The van der Waals surface area contributed by atoms with E-state index >= 15 is 0 Å². The summed E-state index contributed by atoms with van der Waals surface area (Å²) in [5.41, 5.74) is 5.53. The van der Waals surface area contributed by atoms with Gasteiger partial charge in [0.25, 0.3) is 0 Å². The van der Waals surface area contributed by atoms with Crippen molar-refractivity contribution in [3.8, 4) is 11.1 Å². The molecular weight excluding hydrogens is 372 g/mol. The topological polar surface area (TPSA) is 59.8 Å². The largest absolute Gasteiger partial charge is 0.352 e. The summed E-state index contributed by atoms with van der Waals surface area (Å²) in [5.74, 6) is 0.0335. The first-order chi connectivity index (χ1) is 14.8. The number of hydrogen-bond donors (Lipinski definition) is 1. The Morgan fingerprint density at radius 3 is 2.53 bits per heavy atom. The Morgan fingerprint density at radius 2 is 1.77 bits per heavy atom. The third-order valence-electron chi connectivity index (χ3n) is 5.02.